The van der Waals surface area contributed by atoms with Gasteiger partial charge in [0, 0.05) is 27.6 Å². The molecular formula is C45H35N. The Balaban J connectivity index is 1.16. The molecule has 7 aromatic carbocycles. The van der Waals surface area contributed by atoms with Crippen LogP contribution in [-0.4, -0.2) is 4.57 Å². The molecule has 9 rings (SSSR count). The van der Waals surface area contributed by atoms with Crippen LogP contribution in [0.5, 0.6) is 0 Å². The van der Waals surface area contributed by atoms with Crippen molar-refractivity contribution in [1.82, 2.24) is 4.57 Å². The van der Waals surface area contributed by atoms with Crippen molar-refractivity contribution in [3.05, 3.63) is 162 Å². The summed E-state index contributed by atoms with van der Waals surface area (Å²) >= 11 is 0. The van der Waals surface area contributed by atoms with E-state index in [9.17, 15) is 0 Å². The lowest BCUT2D eigenvalue weighted by Gasteiger charge is -2.22. The molecule has 1 nitrogen and oxygen atoms in total. The first-order valence-corrected chi connectivity index (χ1v) is 16.3. The first-order valence-electron chi connectivity index (χ1n) is 16.3. The minimum Gasteiger partial charge on any atom is -0.313 e. The predicted molar refractivity (Wildman–Crippen MR) is 196 cm³/mol. The average Bonchev–Trinajstić information content (AvgIpc) is 3.49. The van der Waals surface area contributed by atoms with Crippen LogP contribution in [-0.2, 0) is 5.41 Å². The van der Waals surface area contributed by atoms with Gasteiger partial charge in [-0.3, -0.25) is 0 Å². The number of aromatic nitrogens is 1. The van der Waals surface area contributed by atoms with Crippen LogP contribution in [0.3, 0.4) is 0 Å². The molecule has 46 heavy (non-hydrogen) atoms. The number of hydrogen-bond donors (Lipinski definition) is 0. The van der Waals surface area contributed by atoms with Gasteiger partial charge in [0.1, 0.15) is 0 Å². The molecule has 0 radical (unpaired) electrons. The summed E-state index contributed by atoms with van der Waals surface area (Å²) in [4.78, 5) is 0. The highest BCUT2D eigenvalue weighted by molar-refractivity contribution is 6.13. The smallest absolute Gasteiger partial charge is 0.0612 e. The van der Waals surface area contributed by atoms with Crippen LogP contribution < -0.4 is 0 Å². The highest BCUT2D eigenvalue weighted by atomic mass is 15.0. The molecule has 1 aromatic heterocycles. The van der Waals surface area contributed by atoms with Crippen molar-refractivity contribution < 1.29 is 0 Å². The highest BCUT2D eigenvalue weighted by Gasteiger charge is 2.35. The molecule has 0 aliphatic heterocycles. The van der Waals surface area contributed by atoms with E-state index in [0.717, 1.165) is 0 Å². The van der Waals surface area contributed by atoms with E-state index in [-0.39, 0.29) is 5.41 Å². The Morgan fingerprint density at radius 3 is 1.98 bits per heavy atom. The second kappa shape index (κ2) is 9.80. The zero-order valence-corrected chi connectivity index (χ0v) is 26.7. The standard InChI is InChI=1S/C45H35N/c1-28-29(2)46(35-21-18-31(19-22-35)33-20-23-40-39-12-7-8-15-42(39)45(3,4)43(40)27-33)44-36(28)24-25-38-37(13-9-14-41(38)44)34-17-16-30-10-5-6-11-32(30)26-34/h5-27H,1-4H3. The molecule has 0 amide bonds. The Kier molecular flexibility index (Phi) is 5.74. The van der Waals surface area contributed by atoms with E-state index in [2.05, 4.69) is 172 Å². The summed E-state index contributed by atoms with van der Waals surface area (Å²) in [5.41, 5.74) is 15.7. The molecule has 1 aliphatic carbocycles. The number of rotatable bonds is 3. The van der Waals surface area contributed by atoms with Gasteiger partial charge in [0.15, 0.2) is 0 Å². The lowest BCUT2D eigenvalue weighted by Crippen LogP contribution is -2.14. The van der Waals surface area contributed by atoms with Gasteiger partial charge in [-0.2, -0.15) is 0 Å². The fraction of sp³-hybridized carbons (Fsp3) is 0.111. The number of fused-ring (bicyclic) bond motifs is 7. The van der Waals surface area contributed by atoms with Crippen molar-refractivity contribution in [2.45, 2.75) is 33.1 Å². The van der Waals surface area contributed by atoms with Gasteiger partial charge in [-0.15, -0.1) is 0 Å². The van der Waals surface area contributed by atoms with Crippen molar-refractivity contribution in [1.29, 1.82) is 0 Å². The third-order valence-electron chi connectivity index (χ3n) is 10.6. The number of hydrogen-bond acceptors (Lipinski definition) is 0. The quantitative estimate of drug-likeness (QED) is 0.193. The summed E-state index contributed by atoms with van der Waals surface area (Å²) in [5, 5.41) is 6.41. The van der Waals surface area contributed by atoms with Crippen LogP contribution in [0.4, 0.5) is 0 Å². The first kappa shape index (κ1) is 27.0. The molecule has 0 fully saturated rings. The van der Waals surface area contributed by atoms with Gasteiger partial charge in [0.2, 0.25) is 0 Å². The molecule has 0 spiro atoms. The van der Waals surface area contributed by atoms with Gasteiger partial charge in [-0.05, 0) is 104 Å². The summed E-state index contributed by atoms with van der Waals surface area (Å²) in [6, 6.07) is 51.8. The summed E-state index contributed by atoms with van der Waals surface area (Å²) in [6.45, 7) is 9.21. The van der Waals surface area contributed by atoms with Crippen LogP contribution in [0.25, 0.3) is 71.5 Å². The SMILES string of the molecule is Cc1c(C)n(-c2ccc(-c3ccc4c(c3)C(C)(C)c3ccccc3-4)cc2)c2c1ccc1c(-c3ccc4ccccc4c3)cccc12. The molecule has 0 saturated carbocycles. The Bertz CT molecular complexity index is 2510. The van der Waals surface area contributed by atoms with Crippen molar-refractivity contribution in [2.24, 2.45) is 0 Å². The molecule has 0 N–H and O–H groups in total. The van der Waals surface area contributed by atoms with E-state index in [0.29, 0.717) is 0 Å². The third kappa shape index (κ3) is 3.82. The maximum atomic E-state index is 2.46. The van der Waals surface area contributed by atoms with Gasteiger partial charge in [0.05, 0.1) is 5.52 Å². The van der Waals surface area contributed by atoms with Crippen LogP contribution in [0.15, 0.2) is 140 Å². The monoisotopic (exact) mass is 589 g/mol. The maximum absolute atomic E-state index is 2.46. The van der Waals surface area contributed by atoms with E-state index >= 15 is 0 Å². The Morgan fingerprint density at radius 1 is 0.457 bits per heavy atom. The lowest BCUT2D eigenvalue weighted by atomic mass is 9.81. The summed E-state index contributed by atoms with van der Waals surface area (Å²) in [7, 11) is 0. The van der Waals surface area contributed by atoms with Gasteiger partial charge >= 0.3 is 0 Å². The largest absolute Gasteiger partial charge is 0.313 e. The van der Waals surface area contributed by atoms with E-state index in [1.807, 2.05) is 0 Å². The van der Waals surface area contributed by atoms with E-state index < -0.39 is 0 Å². The fourth-order valence-corrected chi connectivity index (χ4v) is 8.03. The van der Waals surface area contributed by atoms with Crippen molar-refractivity contribution in [2.75, 3.05) is 0 Å². The van der Waals surface area contributed by atoms with Gasteiger partial charge in [-0.25, -0.2) is 0 Å². The molecular weight excluding hydrogens is 555 g/mol. The number of benzene rings is 7. The number of aryl methyl sites for hydroxylation is 1. The normalized spacial score (nSPS) is 13.4. The lowest BCUT2D eigenvalue weighted by molar-refractivity contribution is 0.660. The predicted octanol–water partition coefficient (Wildman–Crippen LogP) is 12.2. The van der Waals surface area contributed by atoms with Gasteiger partial charge in [-0.1, -0.05) is 129 Å². The van der Waals surface area contributed by atoms with Gasteiger partial charge < -0.3 is 4.57 Å². The Hall–Kier alpha value is -5.40. The minimum absolute atomic E-state index is 0.00662. The molecule has 0 saturated heterocycles. The van der Waals surface area contributed by atoms with Crippen LogP contribution in [0.1, 0.15) is 36.2 Å². The molecule has 0 unspecified atom stereocenters. The molecule has 1 heterocycles. The highest BCUT2D eigenvalue weighted by Crippen LogP contribution is 2.49. The first-order chi connectivity index (χ1) is 22.4. The molecule has 220 valence electrons. The summed E-state index contributed by atoms with van der Waals surface area (Å²) < 4.78 is 2.46. The van der Waals surface area contributed by atoms with Crippen molar-refractivity contribution >= 4 is 32.4 Å². The molecule has 0 atom stereocenters. The molecule has 1 aliphatic rings. The van der Waals surface area contributed by atoms with Gasteiger partial charge in [0.25, 0.3) is 0 Å². The van der Waals surface area contributed by atoms with Crippen molar-refractivity contribution in [3.63, 3.8) is 0 Å². The Morgan fingerprint density at radius 2 is 1.13 bits per heavy atom. The Labute approximate surface area is 270 Å². The van der Waals surface area contributed by atoms with Crippen LogP contribution in [0, 0.1) is 13.8 Å². The minimum atomic E-state index is -0.00662. The molecule has 1 heteroatoms. The second-order valence-electron chi connectivity index (χ2n) is 13.4. The summed E-state index contributed by atoms with van der Waals surface area (Å²) in [5.74, 6) is 0. The average molecular weight is 590 g/mol. The third-order valence-corrected chi connectivity index (χ3v) is 10.6. The van der Waals surface area contributed by atoms with Crippen LogP contribution in [0.2, 0.25) is 0 Å². The number of nitrogens with zero attached hydrogens (tertiary/aromatic N) is 1. The summed E-state index contributed by atoms with van der Waals surface area (Å²) in [6.07, 6.45) is 0. The molecule has 0 bridgehead atoms. The zero-order chi connectivity index (χ0) is 31.2. The topological polar surface area (TPSA) is 4.93 Å². The second-order valence-corrected chi connectivity index (χ2v) is 13.4. The molecule has 8 aromatic rings. The maximum Gasteiger partial charge on any atom is 0.0612 e. The van der Waals surface area contributed by atoms with Crippen LogP contribution >= 0.6 is 0 Å². The van der Waals surface area contributed by atoms with E-state index in [1.54, 1.807) is 0 Å². The van der Waals surface area contributed by atoms with E-state index in [1.165, 1.54) is 93.9 Å². The van der Waals surface area contributed by atoms with Crippen molar-refractivity contribution in [3.8, 4) is 39.1 Å². The van der Waals surface area contributed by atoms with E-state index in [4.69, 9.17) is 0 Å². The zero-order valence-electron chi connectivity index (χ0n) is 26.7. The fourth-order valence-electron chi connectivity index (χ4n) is 8.03.